The standard InChI is InChI=1S/C13H17N/c1-8-9(2)13(10-6-7-10)14-12-5-3-4-11(8)12/h10H,3-7H2,1-2H3. The van der Waals surface area contributed by atoms with Gasteiger partial charge in [0.15, 0.2) is 0 Å². The molecule has 1 aromatic heterocycles. The second kappa shape index (κ2) is 2.82. The van der Waals surface area contributed by atoms with Crippen LogP contribution < -0.4 is 0 Å². The van der Waals surface area contributed by atoms with E-state index >= 15 is 0 Å². The fourth-order valence-corrected chi connectivity index (χ4v) is 2.66. The predicted octanol–water partition coefficient (Wildman–Crippen LogP) is 3.06. The van der Waals surface area contributed by atoms with Crippen LogP contribution in [0.5, 0.6) is 0 Å². The van der Waals surface area contributed by atoms with Gasteiger partial charge in [-0.25, -0.2) is 0 Å². The molecule has 0 N–H and O–H groups in total. The molecule has 2 aliphatic rings. The lowest BCUT2D eigenvalue weighted by Crippen LogP contribution is -2.01. The van der Waals surface area contributed by atoms with E-state index in [-0.39, 0.29) is 0 Å². The van der Waals surface area contributed by atoms with Crippen LogP contribution in [0.3, 0.4) is 0 Å². The molecule has 0 aromatic carbocycles. The number of hydrogen-bond donors (Lipinski definition) is 0. The topological polar surface area (TPSA) is 12.9 Å². The summed E-state index contributed by atoms with van der Waals surface area (Å²) >= 11 is 0. The van der Waals surface area contributed by atoms with Crippen molar-refractivity contribution < 1.29 is 0 Å². The summed E-state index contributed by atoms with van der Waals surface area (Å²) in [5.74, 6) is 0.805. The maximum atomic E-state index is 4.88. The Morgan fingerprint density at radius 3 is 2.57 bits per heavy atom. The highest BCUT2D eigenvalue weighted by Gasteiger charge is 2.29. The third-order valence-corrected chi connectivity index (χ3v) is 3.81. The van der Waals surface area contributed by atoms with Gasteiger partial charge in [-0.3, -0.25) is 4.98 Å². The molecule has 1 heteroatoms. The summed E-state index contributed by atoms with van der Waals surface area (Å²) in [7, 11) is 0. The van der Waals surface area contributed by atoms with Crippen LogP contribution in [0, 0.1) is 13.8 Å². The number of fused-ring (bicyclic) bond motifs is 1. The van der Waals surface area contributed by atoms with Gasteiger partial charge in [0.1, 0.15) is 0 Å². The van der Waals surface area contributed by atoms with Crippen molar-refractivity contribution in [2.75, 3.05) is 0 Å². The lowest BCUT2D eigenvalue weighted by molar-refractivity contribution is 0.888. The Morgan fingerprint density at radius 2 is 1.86 bits per heavy atom. The van der Waals surface area contributed by atoms with Gasteiger partial charge < -0.3 is 0 Å². The highest BCUT2D eigenvalue weighted by molar-refractivity contribution is 5.43. The van der Waals surface area contributed by atoms with Crippen molar-refractivity contribution in [3.63, 3.8) is 0 Å². The van der Waals surface area contributed by atoms with E-state index in [1.165, 1.54) is 54.6 Å². The Hall–Kier alpha value is -0.850. The Balaban J connectivity index is 2.18. The van der Waals surface area contributed by atoms with Gasteiger partial charge >= 0.3 is 0 Å². The summed E-state index contributed by atoms with van der Waals surface area (Å²) in [6.45, 7) is 4.54. The minimum Gasteiger partial charge on any atom is -0.257 e. The summed E-state index contributed by atoms with van der Waals surface area (Å²) < 4.78 is 0. The molecule has 0 unspecified atom stereocenters. The van der Waals surface area contributed by atoms with E-state index in [0.717, 1.165) is 5.92 Å². The second-order valence-electron chi connectivity index (χ2n) is 4.80. The highest BCUT2D eigenvalue weighted by atomic mass is 14.8. The molecule has 0 bridgehead atoms. The first-order chi connectivity index (χ1) is 6.77. The van der Waals surface area contributed by atoms with Gasteiger partial charge in [0, 0.05) is 17.3 Å². The zero-order chi connectivity index (χ0) is 9.71. The van der Waals surface area contributed by atoms with Gasteiger partial charge in [-0.1, -0.05) is 0 Å². The van der Waals surface area contributed by atoms with Gasteiger partial charge in [0.05, 0.1) is 0 Å². The molecule has 0 atom stereocenters. The average Bonchev–Trinajstić information content (AvgIpc) is 2.91. The van der Waals surface area contributed by atoms with Crippen molar-refractivity contribution in [3.05, 3.63) is 28.1 Å². The van der Waals surface area contributed by atoms with Crippen LogP contribution in [0.15, 0.2) is 0 Å². The normalized spacial score (nSPS) is 19.9. The summed E-state index contributed by atoms with van der Waals surface area (Å²) in [5, 5.41) is 0. The molecule has 14 heavy (non-hydrogen) atoms. The van der Waals surface area contributed by atoms with Crippen LogP contribution in [0.4, 0.5) is 0 Å². The van der Waals surface area contributed by atoms with Crippen molar-refractivity contribution >= 4 is 0 Å². The molecule has 0 aliphatic heterocycles. The third kappa shape index (κ3) is 1.11. The molecule has 0 radical (unpaired) electrons. The van der Waals surface area contributed by atoms with E-state index in [4.69, 9.17) is 4.98 Å². The SMILES string of the molecule is Cc1c(C2CC2)nc2c(c1C)CCC2. The largest absolute Gasteiger partial charge is 0.257 e. The number of pyridine rings is 1. The number of nitrogens with zero attached hydrogens (tertiary/aromatic N) is 1. The lowest BCUT2D eigenvalue weighted by Gasteiger charge is -2.12. The Bertz CT molecular complexity index is 389. The smallest absolute Gasteiger partial charge is 0.0469 e. The molecule has 0 spiro atoms. The maximum Gasteiger partial charge on any atom is 0.0469 e. The van der Waals surface area contributed by atoms with Crippen molar-refractivity contribution in [3.8, 4) is 0 Å². The molecule has 1 heterocycles. The molecule has 1 aromatic rings. The lowest BCUT2D eigenvalue weighted by atomic mass is 10.00. The molecule has 0 amide bonds. The van der Waals surface area contributed by atoms with Crippen molar-refractivity contribution in [2.45, 2.75) is 51.9 Å². The van der Waals surface area contributed by atoms with Crippen LogP contribution in [-0.2, 0) is 12.8 Å². The fourth-order valence-electron chi connectivity index (χ4n) is 2.66. The molecule has 74 valence electrons. The number of aromatic nitrogens is 1. The number of aryl methyl sites for hydroxylation is 1. The van der Waals surface area contributed by atoms with E-state index in [1.54, 1.807) is 5.56 Å². The minimum atomic E-state index is 0.805. The maximum absolute atomic E-state index is 4.88. The van der Waals surface area contributed by atoms with Crippen LogP contribution >= 0.6 is 0 Å². The Morgan fingerprint density at radius 1 is 1.07 bits per heavy atom. The number of hydrogen-bond acceptors (Lipinski definition) is 1. The molecule has 1 saturated carbocycles. The summed E-state index contributed by atoms with van der Waals surface area (Å²) in [4.78, 5) is 4.88. The summed E-state index contributed by atoms with van der Waals surface area (Å²) in [6.07, 6.45) is 6.53. The van der Waals surface area contributed by atoms with E-state index in [1.807, 2.05) is 0 Å². The van der Waals surface area contributed by atoms with Crippen molar-refractivity contribution in [1.82, 2.24) is 4.98 Å². The van der Waals surface area contributed by atoms with Crippen LogP contribution in [0.1, 0.15) is 53.3 Å². The molecular weight excluding hydrogens is 170 g/mol. The van der Waals surface area contributed by atoms with Gasteiger partial charge in [-0.2, -0.15) is 0 Å². The zero-order valence-electron chi connectivity index (χ0n) is 9.06. The van der Waals surface area contributed by atoms with Crippen LogP contribution in [0.2, 0.25) is 0 Å². The highest BCUT2D eigenvalue weighted by Crippen LogP contribution is 2.42. The molecule has 1 nitrogen and oxygen atoms in total. The minimum absolute atomic E-state index is 0.805. The first kappa shape index (κ1) is 8.46. The average molecular weight is 187 g/mol. The van der Waals surface area contributed by atoms with E-state index in [2.05, 4.69) is 13.8 Å². The third-order valence-electron chi connectivity index (χ3n) is 3.81. The van der Waals surface area contributed by atoms with Crippen LogP contribution in [0.25, 0.3) is 0 Å². The van der Waals surface area contributed by atoms with Crippen molar-refractivity contribution in [2.24, 2.45) is 0 Å². The monoisotopic (exact) mass is 187 g/mol. The summed E-state index contributed by atoms with van der Waals surface area (Å²) in [5.41, 5.74) is 7.41. The molecule has 1 fully saturated rings. The summed E-state index contributed by atoms with van der Waals surface area (Å²) in [6, 6.07) is 0. The number of rotatable bonds is 1. The fraction of sp³-hybridized carbons (Fsp3) is 0.615. The van der Waals surface area contributed by atoms with Crippen molar-refractivity contribution in [1.29, 1.82) is 0 Å². The first-order valence-electron chi connectivity index (χ1n) is 5.76. The first-order valence-corrected chi connectivity index (χ1v) is 5.76. The molecule has 0 saturated heterocycles. The van der Waals surface area contributed by atoms with Gasteiger partial charge in [0.25, 0.3) is 0 Å². The Labute approximate surface area is 85.6 Å². The van der Waals surface area contributed by atoms with Gasteiger partial charge in [0.2, 0.25) is 0 Å². The van der Waals surface area contributed by atoms with E-state index in [0.29, 0.717) is 0 Å². The molecule has 3 rings (SSSR count). The second-order valence-corrected chi connectivity index (χ2v) is 4.80. The zero-order valence-corrected chi connectivity index (χ0v) is 9.06. The molecule has 2 aliphatic carbocycles. The predicted molar refractivity (Wildman–Crippen MR) is 57.7 cm³/mol. The van der Waals surface area contributed by atoms with Gasteiger partial charge in [-0.15, -0.1) is 0 Å². The quantitative estimate of drug-likeness (QED) is 0.658. The van der Waals surface area contributed by atoms with Crippen LogP contribution in [-0.4, -0.2) is 4.98 Å². The molecular formula is C13H17N. The van der Waals surface area contributed by atoms with E-state index < -0.39 is 0 Å². The van der Waals surface area contributed by atoms with Gasteiger partial charge in [-0.05, 0) is 62.6 Å². The Kier molecular flexibility index (Phi) is 1.70. The van der Waals surface area contributed by atoms with E-state index in [9.17, 15) is 0 Å².